The molecule has 1 saturated carbocycles. The number of hydrogen-bond acceptors (Lipinski definition) is 6. The van der Waals surface area contributed by atoms with E-state index in [4.69, 9.17) is 21.2 Å². The van der Waals surface area contributed by atoms with E-state index in [2.05, 4.69) is 20.7 Å². The number of rotatable bonds is 8. The predicted molar refractivity (Wildman–Crippen MR) is 126 cm³/mol. The quantitative estimate of drug-likeness (QED) is 0.415. The van der Waals surface area contributed by atoms with Gasteiger partial charge in [0.2, 0.25) is 0 Å². The summed E-state index contributed by atoms with van der Waals surface area (Å²) in [6, 6.07) is 1.89. The second kappa shape index (κ2) is 12.1. The monoisotopic (exact) mass is 480 g/mol. The van der Waals surface area contributed by atoms with Crippen LogP contribution in [0.15, 0.2) is 18.1 Å². The molecule has 1 unspecified atom stereocenters. The largest absolute Gasteiger partial charge is 0.365 e. The zero-order valence-corrected chi connectivity index (χ0v) is 19.8. The molecule has 3 fully saturated rings. The molecule has 1 aliphatic carbocycles. The highest BCUT2D eigenvalue weighted by Gasteiger charge is 2.26. The molecule has 4 rings (SSSR count). The van der Waals surface area contributed by atoms with Crippen molar-refractivity contribution in [3.05, 3.63) is 28.7 Å². The molecule has 3 heterocycles. The van der Waals surface area contributed by atoms with Gasteiger partial charge in [0.15, 0.2) is 12.1 Å². The summed E-state index contributed by atoms with van der Waals surface area (Å²) in [6.07, 6.45) is 12.5. The number of hydrogen-bond donors (Lipinski definition) is 2. The van der Waals surface area contributed by atoms with Gasteiger partial charge in [0.05, 0.1) is 5.02 Å². The van der Waals surface area contributed by atoms with Crippen molar-refractivity contribution in [3.63, 3.8) is 0 Å². The molecule has 1 aromatic rings. The molecule has 2 N–H and O–H groups in total. The van der Waals surface area contributed by atoms with Crippen molar-refractivity contribution in [2.24, 2.45) is 5.92 Å². The van der Waals surface area contributed by atoms with Crippen LogP contribution in [0.1, 0.15) is 63.4 Å². The predicted octanol–water partition coefficient (Wildman–Crippen LogP) is 4.69. The van der Waals surface area contributed by atoms with Crippen molar-refractivity contribution in [3.8, 4) is 0 Å². The van der Waals surface area contributed by atoms with Crippen molar-refractivity contribution in [2.45, 2.75) is 70.1 Å². The van der Waals surface area contributed by atoms with E-state index < -0.39 is 18.0 Å². The van der Waals surface area contributed by atoms with Gasteiger partial charge < -0.3 is 15.0 Å². The number of nitrogens with one attached hydrogen (secondary N) is 2. The number of carbonyl (C=O) groups excluding carboxylic acids is 1. The van der Waals surface area contributed by atoms with E-state index in [1.165, 1.54) is 44.8 Å². The smallest absolute Gasteiger partial charge is 0.303 e. The van der Waals surface area contributed by atoms with Crippen LogP contribution >= 0.6 is 11.6 Å². The zero-order valence-electron chi connectivity index (χ0n) is 19.0. The Morgan fingerprint density at radius 2 is 2.06 bits per heavy atom. The van der Waals surface area contributed by atoms with Crippen molar-refractivity contribution < 1.29 is 18.8 Å². The Hall–Kier alpha value is -1.74. The molecule has 2 saturated heterocycles. The first-order valence-electron chi connectivity index (χ1n) is 12.2. The molecule has 0 radical (unpaired) electrons. The van der Waals surface area contributed by atoms with E-state index in [0.717, 1.165) is 44.3 Å². The van der Waals surface area contributed by atoms with Crippen molar-refractivity contribution in [1.82, 2.24) is 15.4 Å². The molecule has 3 aliphatic rings. The van der Waals surface area contributed by atoms with Crippen LogP contribution in [0, 0.1) is 5.92 Å². The van der Waals surface area contributed by atoms with E-state index in [0.29, 0.717) is 35.5 Å². The summed E-state index contributed by atoms with van der Waals surface area (Å²) in [6.45, 7) is 3.82. The van der Waals surface area contributed by atoms with Gasteiger partial charge in [0.25, 0.3) is 0 Å². The third-order valence-electron chi connectivity index (χ3n) is 6.65. The van der Waals surface area contributed by atoms with Gasteiger partial charge in [-0.3, -0.25) is 4.79 Å². The Labute approximate surface area is 200 Å². The van der Waals surface area contributed by atoms with Gasteiger partial charge in [-0.1, -0.05) is 30.9 Å². The van der Waals surface area contributed by atoms with Crippen molar-refractivity contribution >= 4 is 29.4 Å². The fraction of sp³-hybridized carbons (Fsp3) is 0.667. The Bertz CT molecular complexity index is 828. The lowest BCUT2D eigenvalue weighted by Crippen LogP contribution is -2.33. The zero-order chi connectivity index (χ0) is 23.0. The standard InChI is InChI=1S/C24H34ClFN4O3/c25-20-12-18(13-21(26)24(31)29-33-22-8-4-5-11-32-22)14-27-23(20)28-19-9-10-30(16-19)15-17-6-2-1-3-7-17/h12-14,17,19,22H,1-11,15-16H2,(H,27,28)(H,29,31)/t19-,22?/m1/s1. The molecule has 1 aromatic heterocycles. The summed E-state index contributed by atoms with van der Waals surface area (Å²) in [5, 5.41) is 3.82. The Balaban J connectivity index is 1.25. The Morgan fingerprint density at radius 1 is 1.24 bits per heavy atom. The van der Waals surface area contributed by atoms with E-state index >= 15 is 0 Å². The number of likely N-dealkylation sites (tertiary alicyclic amines) is 1. The average Bonchev–Trinajstić information content (AvgIpc) is 3.27. The number of carbonyl (C=O) groups is 1. The minimum Gasteiger partial charge on any atom is -0.365 e. The normalized spacial score (nSPS) is 25.2. The van der Waals surface area contributed by atoms with E-state index in [1.54, 1.807) is 6.07 Å². The van der Waals surface area contributed by atoms with E-state index in [1.807, 2.05) is 0 Å². The second-order valence-corrected chi connectivity index (χ2v) is 9.74. The molecule has 33 heavy (non-hydrogen) atoms. The number of ether oxygens (including phenoxy) is 1. The number of amides is 1. The van der Waals surface area contributed by atoms with Gasteiger partial charge in [-0.15, -0.1) is 0 Å². The maximum Gasteiger partial charge on any atom is 0.303 e. The number of halogens is 2. The lowest BCUT2D eigenvalue weighted by atomic mass is 9.89. The van der Waals surface area contributed by atoms with Crippen LogP contribution in [-0.2, 0) is 14.4 Å². The lowest BCUT2D eigenvalue weighted by molar-refractivity contribution is -0.199. The maximum atomic E-state index is 14.3. The highest BCUT2D eigenvalue weighted by molar-refractivity contribution is 6.33. The maximum absolute atomic E-state index is 14.3. The Morgan fingerprint density at radius 3 is 2.82 bits per heavy atom. The molecule has 2 aliphatic heterocycles. The lowest BCUT2D eigenvalue weighted by Gasteiger charge is -2.26. The summed E-state index contributed by atoms with van der Waals surface area (Å²) in [5.74, 6) is -0.538. The van der Waals surface area contributed by atoms with Crippen molar-refractivity contribution in [1.29, 1.82) is 0 Å². The van der Waals surface area contributed by atoms with Crippen LogP contribution in [0.4, 0.5) is 10.2 Å². The molecule has 9 heteroatoms. The molecule has 0 aromatic carbocycles. The molecular formula is C24H34ClFN4O3. The summed E-state index contributed by atoms with van der Waals surface area (Å²) in [4.78, 5) is 24.0. The van der Waals surface area contributed by atoms with E-state index in [9.17, 15) is 9.18 Å². The molecule has 182 valence electrons. The molecular weight excluding hydrogens is 447 g/mol. The number of pyridine rings is 1. The van der Waals surface area contributed by atoms with Gasteiger partial charge in [-0.25, -0.2) is 19.7 Å². The SMILES string of the molecule is O=C(NOC1CCCCO1)C(F)=Cc1cnc(N[C@@H]2CCN(CC3CCCCC3)C2)c(Cl)c1. The molecule has 0 bridgehead atoms. The van der Waals surface area contributed by atoms with Crippen LogP contribution in [0.5, 0.6) is 0 Å². The number of hydroxylamine groups is 1. The van der Waals surface area contributed by atoms with E-state index in [-0.39, 0.29) is 0 Å². The topological polar surface area (TPSA) is 75.7 Å². The molecule has 0 spiro atoms. The minimum absolute atomic E-state index is 0.293. The fourth-order valence-corrected chi connectivity index (χ4v) is 5.10. The van der Waals surface area contributed by atoms with Gasteiger partial charge >= 0.3 is 5.91 Å². The van der Waals surface area contributed by atoms with Crippen LogP contribution < -0.4 is 10.8 Å². The van der Waals surface area contributed by atoms with Crippen LogP contribution in [-0.4, -0.2) is 54.4 Å². The summed E-state index contributed by atoms with van der Waals surface area (Å²) in [7, 11) is 0. The molecule has 2 atom stereocenters. The minimum atomic E-state index is -0.987. The highest BCUT2D eigenvalue weighted by Crippen LogP contribution is 2.27. The van der Waals surface area contributed by atoms with Crippen LogP contribution in [0.25, 0.3) is 6.08 Å². The molecule has 7 nitrogen and oxygen atoms in total. The van der Waals surface area contributed by atoms with Gasteiger partial charge in [-0.2, -0.15) is 0 Å². The first-order valence-corrected chi connectivity index (χ1v) is 12.5. The number of nitrogens with zero attached hydrogens (tertiary/aromatic N) is 2. The van der Waals surface area contributed by atoms with Gasteiger partial charge in [0, 0.05) is 44.9 Å². The first-order chi connectivity index (χ1) is 16.1. The average molecular weight is 481 g/mol. The highest BCUT2D eigenvalue weighted by atomic mass is 35.5. The third-order valence-corrected chi connectivity index (χ3v) is 6.94. The Kier molecular flexibility index (Phi) is 8.95. The summed E-state index contributed by atoms with van der Waals surface area (Å²) < 4.78 is 19.6. The second-order valence-electron chi connectivity index (χ2n) is 9.33. The summed E-state index contributed by atoms with van der Waals surface area (Å²) >= 11 is 6.39. The third kappa shape index (κ3) is 7.37. The number of aromatic nitrogens is 1. The fourth-order valence-electron chi connectivity index (χ4n) is 4.87. The van der Waals surface area contributed by atoms with Crippen LogP contribution in [0.2, 0.25) is 5.02 Å². The number of anilines is 1. The molecule has 1 amide bonds. The van der Waals surface area contributed by atoms with Crippen LogP contribution in [0.3, 0.4) is 0 Å². The van der Waals surface area contributed by atoms with Gasteiger partial charge in [0.1, 0.15) is 5.82 Å². The first kappa shape index (κ1) is 24.4. The van der Waals surface area contributed by atoms with Crippen molar-refractivity contribution in [2.75, 3.05) is 31.6 Å². The summed E-state index contributed by atoms with van der Waals surface area (Å²) in [5.41, 5.74) is 2.50. The van der Waals surface area contributed by atoms with Gasteiger partial charge in [-0.05, 0) is 55.7 Å².